The van der Waals surface area contributed by atoms with Crippen molar-refractivity contribution in [3.05, 3.63) is 71.1 Å². The third kappa shape index (κ3) is 5.06. The lowest BCUT2D eigenvalue weighted by atomic mass is 10.2. The van der Waals surface area contributed by atoms with Crippen LogP contribution in [0.15, 0.2) is 59.8 Å². The smallest absolute Gasteiger partial charge is 0.258 e. The molecule has 0 aliphatic rings. The fourth-order valence-electron chi connectivity index (χ4n) is 3.08. The molecule has 3 heterocycles. The quantitative estimate of drug-likeness (QED) is 0.278. The number of nitrogens with zero attached hydrogens (tertiary/aromatic N) is 4. The zero-order valence-electron chi connectivity index (χ0n) is 16.7. The zero-order valence-corrected chi connectivity index (χ0v) is 18.4. The molecule has 4 aromatic rings. The molecule has 0 bridgehead atoms. The minimum absolute atomic E-state index is 0.163. The number of unbranched alkanes of at least 4 members (excludes halogenated alkanes) is 2. The average Bonchev–Trinajstić information content (AvgIpc) is 3.39. The van der Waals surface area contributed by atoms with Gasteiger partial charge in [0.05, 0.1) is 11.3 Å². The van der Waals surface area contributed by atoms with Gasteiger partial charge in [0, 0.05) is 29.5 Å². The number of carbonyl (C=O) groups is 1. The zero-order chi connectivity index (χ0) is 20.8. The van der Waals surface area contributed by atoms with Gasteiger partial charge >= 0.3 is 0 Å². The van der Waals surface area contributed by atoms with E-state index in [1.165, 1.54) is 24.2 Å². The van der Waals surface area contributed by atoms with Crippen LogP contribution in [-0.4, -0.2) is 25.5 Å². The Bertz CT molecular complexity index is 1100. The second kappa shape index (κ2) is 9.86. The first-order valence-corrected chi connectivity index (χ1v) is 11.8. The normalized spacial score (nSPS) is 11.1. The van der Waals surface area contributed by atoms with Crippen LogP contribution in [0.2, 0.25) is 0 Å². The van der Waals surface area contributed by atoms with Crippen molar-refractivity contribution in [2.75, 3.05) is 5.32 Å². The summed E-state index contributed by atoms with van der Waals surface area (Å²) in [7, 11) is 0. The fourth-order valence-corrected chi connectivity index (χ4v) is 4.79. The van der Waals surface area contributed by atoms with Gasteiger partial charge in [-0.2, -0.15) is 0 Å². The topological polar surface area (TPSA) is 72.2 Å². The average molecular weight is 438 g/mol. The van der Waals surface area contributed by atoms with E-state index in [4.69, 9.17) is 0 Å². The number of aromatic nitrogens is 4. The molecule has 4 rings (SSSR count). The number of aryl methyl sites for hydroxylation is 1. The summed E-state index contributed by atoms with van der Waals surface area (Å²) in [5.74, 6) is 0.524. The van der Waals surface area contributed by atoms with Gasteiger partial charge in [0.1, 0.15) is 10.7 Å². The van der Waals surface area contributed by atoms with E-state index in [-0.39, 0.29) is 5.91 Å². The summed E-state index contributed by atoms with van der Waals surface area (Å²) in [5, 5.41) is 12.7. The molecule has 0 fully saturated rings. The van der Waals surface area contributed by atoms with Crippen LogP contribution >= 0.6 is 23.1 Å². The summed E-state index contributed by atoms with van der Waals surface area (Å²) in [6.07, 6.45) is 8.36. The van der Waals surface area contributed by atoms with E-state index < -0.39 is 0 Å². The molecule has 30 heavy (non-hydrogen) atoms. The molecule has 1 aromatic carbocycles. The van der Waals surface area contributed by atoms with Crippen LogP contribution in [0.1, 0.15) is 47.2 Å². The van der Waals surface area contributed by atoms with Crippen molar-refractivity contribution in [1.82, 2.24) is 19.6 Å². The molecule has 0 saturated heterocycles. The molecule has 8 heteroatoms. The number of amides is 1. The number of imidazole rings is 1. The second-order valence-electron chi connectivity index (χ2n) is 6.90. The molecule has 0 saturated carbocycles. The van der Waals surface area contributed by atoms with Crippen molar-refractivity contribution in [3.63, 3.8) is 0 Å². The third-order valence-corrected chi connectivity index (χ3v) is 6.61. The summed E-state index contributed by atoms with van der Waals surface area (Å²) < 4.78 is 2.00. The van der Waals surface area contributed by atoms with Gasteiger partial charge in [0.25, 0.3) is 5.91 Å². The minimum Gasteiger partial charge on any atom is -0.307 e. The van der Waals surface area contributed by atoms with Crippen LogP contribution in [0, 0.1) is 0 Å². The number of fused-ring (bicyclic) bond motifs is 1. The number of hydrogen-bond donors (Lipinski definition) is 1. The monoisotopic (exact) mass is 437 g/mol. The molecule has 0 atom stereocenters. The lowest BCUT2D eigenvalue weighted by molar-refractivity contribution is 0.102. The highest BCUT2D eigenvalue weighted by atomic mass is 32.2. The van der Waals surface area contributed by atoms with Gasteiger partial charge in [-0.15, -0.1) is 22.0 Å². The van der Waals surface area contributed by atoms with E-state index in [9.17, 15) is 4.79 Å². The van der Waals surface area contributed by atoms with Crippen molar-refractivity contribution in [2.24, 2.45) is 0 Å². The van der Waals surface area contributed by atoms with Crippen molar-refractivity contribution in [2.45, 2.75) is 43.3 Å². The molecule has 0 spiro atoms. The number of pyridine rings is 1. The first-order valence-electron chi connectivity index (χ1n) is 10.0. The Kier molecular flexibility index (Phi) is 6.76. The Labute approximate surface area is 183 Å². The van der Waals surface area contributed by atoms with Crippen molar-refractivity contribution < 1.29 is 4.79 Å². The van der Waals surface area contributed by atoms with Crippen LogP contribution in [0.25, 0.3) is 5.65 Å². The van der Waals surface area contributed by atoms with Gasteiger partial charge in [-0.1, -0.05) is 49.3 Å². The summed E-state index contributed by atoms with van der Waals surface area (Å²) in [6, 6.07) is 13.6. The fraction of sp³-hybridized carbons (Fsp3) is 0.273. The Balaban J connectivity index is 1.41. The van der Waals surface area contributed by atoms with Crippen molar-refractivity contribution >= 4 is 39.8 Å². The predicted molar refractivity (Wildman–Crippen MR) is 122 cm³/mol. The van der Waals surface area contributed by atoms with Gasteiger partial charge in [0.15, 0.2) is 0 Å². The number of anilines is 1. The molecule has 6 nitrogen and oxygen atoms in total. The van der Waals surface area contributed by atoms with Gasteiger partial charge in [-0.05, 0) is 30.7 Å². The maximum atomic E-state index is 12.9. The highest BCUT2D eigenvalue weighted by molar-refractivity contribution is 7.98. The first kappa shape index (κ1) is 20.6. The molecule has 0 radical (unpaired) electrons. The van der Waals surface area contributed by atoms with Crippen LogP contribution in [0.5, 0.6) is 0 Å². The van der Waals surface area contributed by atoms with E-state index >= 15 is 0 Å². The summed E-state index contributed by atoms with van der Waals surface area (Å²) >= 11 is 3.05. The minimum atomic E-state index is -0.163. The lowest BCUT2D eigenvalue weighted by Crippen LogP contribution is -2.12. The maximum absolute atomic E-state index is 12.9. The van der Waals surface area contributed by atoms with Crippen molar-refractivity contribution in [3.8, 4) is 0 Å². The largest absolute Gasteiger partial charge is 0.307 e. The number of carbonyl (C=O) groups excluding carboxylic acids is 1. The lowest BCUT2D eigenvalue weighted by Gasteiger charge is -2.07. The molecule has 1 amide bonds. The van der Waals surface area contributed by atoms with E-state index in [1.54, 1.807) is 11.8 Å². The molecular formula is C22H23N5OS2. The summed E-state index contributed by atoms with van der Waals surface area (Å²) in [6.45, 7) is 2.18. The van der Waals surface area contributed by atoms with Crippen LogP contribution in [0.4, 0.5) is 5.13 Å². The molecular weight excluding hydrogens is 414 g/mol. The molecule has 0 unspecified atom stereocenters. The number of thioether (sulfide) groups is 1. The predicted octanol–water partition coefficient (Wildman–Crippen LogP) is 5.46. The van der Waals surface area contributed by atoms with Crippen molar-refractivity contribution in [1.29, 1.82) is 0 Å². The van der Waals surface area contributed by atoms with Gasteiger partial charge in [-0.25, -0.2) is 4.98 Å². The SMILES string of the molecule is CCCCCc1nnc(NC(=O)c2ccccc2SCc2cn3ccccc3n2)s1. The number of benzene rings is 1. The van der Waals surface area contributed by atoms with E-state index in [1.807, 2.05) is 59.3 Å². The molecule has 154 valence electrons. The highest BCUT2D eigenvalue weighted by Crippen LogP contribution is 2.27. The van der Waals surface area contributed by atoms with Gasteiger partial charge in [0.2, 0.25) is 5.13 Å². The van der Waals surface area contributed by atoms with E-state index in [0.717, 1.165) is 34.1 Å². The highest BCUT2D eigenvalue weighted by Gasteiger charge is 2.15. The second-order valence-corrected chi connectivity index (χ2v) is 8.97. The summed E-state index contributed by atoms with van der Waals surface area (Å²) in [4.78, 5) is 18.4. The Morgan fingerprint density at radius 1 is 1.13 bits per heavy atom. The molecule has 3 aromatic heterocycles. The van der Waals surface area contributed by atoms with Gasteiger partial charge < -0.3 is 4.40 Å². The Morgan fingerprint density at radius 3 is 2.87 bits per heavy atom. The molecule has 0 aliphatic carbocycles. The van der Waals surface area contributed by atoms with Crippen LogP contribution < -0.4 is 5.32 Å². The van der Waals surface area contributed by atoms with E-state index in [2.05, 4.69) is 27.4 Å². The first-order chi connectivity index (χ1) is 14.7. The van der Waals surface area contributed by atoms with Crippen LogP contribution in [0.3, 0.4) is 0 Å². The molecule has 0 aliphatic heterocycles. The maximum Gasteiger partial charge on any atom is 0.258 e. The summed E-state index contributed by atoms with van der Waals surface area (Å²) in [5.41, 5.74) is 2.53. The van der Waals surface area contributed by atoms with Gasteiger partial charge in [-0.3, -0.25) is 10.1 Å². The number of nitrogens with one attached hydrogen (secondary N) is 1. The van der Waals surface area contributed by atoms with E-state index in [0.29, 0.717) is 16.4 Å². The Morgan fingerprint density at radius 2 is 2.00 bits per heavy atom. The third-order valence-electron chi connectivity index (χ3n) is 4.60. The van der Waals surface area contributed by atoms with Crippen LogP contribution in [-0.2, 0) is 12.2 Å². The molecule has 1 N–H and O–H groups in total. The standard InChI is InChI=1S/C22H23N5OS2/c1-2-3-4-12-20-25-26-22(30-20)24-21(28)17-9-5-6-10-18(17)29-15-16-14-27-13-8-7-11-19(27)23-16/h5-11,13-14H,2-4,12,15H2,1H3,(H,24,26,28). The number of hydrogen-bond acceptors (Lipinski definition) is 6. The Hall–Kier alpha value is -2.71. The number of rotatable bonds is 9.